The summed E-state index contributed by atoms with van der Waals surface area (Å²) in [5, 5.41) is 16.8. The van der Waals surface area contributed by atoms with E-state index in [0.717, 1.165) is 5.92 Å². The van der Waals surface area contributed by atoms with E-state index in [1.54, 1.807) is 5.32 Å². The molecular weight excluding hydrogens is 588 g/mol. The van der Waals surface area contributed by atoms with Crippen LogP contribution in [0, 0.1) is 40.3 Å². The van der Waals surface area contributed by atoms with E-state index in [0.29, 0.717) is 46.9 Å². The maximum Gasteiger partial charge on any atom is 0.471 e. The number of piperidine rings is 1. The van der Waals surface area contributed by atoms with Crippen molar-refractivity contribution in [3.05, 3.63) is 34.3 Å². The SMILES string of the molecule is CC(C)C.CC1(C)C2CN(C(=O)CNC(=O)C(F)(F)F)C[C@H]21.N#CC(NC=O)c1cnn2cc(F)cc(Br)c12. The second kappa shape index (κ2) is 12.8. The molecule has 1 saturated carbocycles. The Balaban J connectivity index is 0.000000241. The molecule has 2 fully saturated rings. The summed E-state index contributed by atoms with van der Waals surface area (Å²) in [6.45, 7) is 11.3. The average Bonchev–Trinajstić information content (AvgIpc) is 3.24. The summed E-state index contributed by atoms with van der Waals surface area (Å²) in [6.07, 6.45) is -1.88. The highest BCUT2D eigenvalue weighted by Gasteiger charge is 2.62. The Labute approximate surface area is 232 Å². The molecular formula is C25H31BrF4N6O3. The lowest BCUT2D eigenvalue weighted by Gasteiger charge is -2.22. The summed E-state index contributed by atoms with van der Waals surface area (Å²) >= 11 is 3.20. The molecule has 2 aromatic heterocycles. The molecule has 214 valence electrons. The maximum absolute atomic E-state index is 13.1. The van der Waals surface area contributed by atoms with Gasteiger partial charge in [-0.2, -0.15) is 23.5 Å². The van der Waals surface area contributed by atoms with Crippen molar-refractivity contribution in [3.63, 3.8) is 0 Å². The molecule has 0 aromatic carbocycles. The van der Waals surface area contributed by atoms with Gasteiger partial charge >= 0.3 is 12.1 Å². The van der Waals surface area contributed by atoms with Gasteiger partial charge < -0.3 is 15.5 Å². The Kier molecular flexibility index (Phi) is 10.5. The van der Waals surface area contributed by atoms with Gasteiger partial charge in [-0.1, -0.05) is 34.6 Å². The number of rotatable bonds is 5. The van der Waals surface area contributed by atoms with Crippen LogP contribution >= 0.6 is 15.9 Å². The van der Waals surface area contributed by atoms with Gasteiger partial charge in [0.05, 0.1) is 30.5 Å². The molecule has 3 atom stereocenters. The van der Waals surface area contributed by atoms with Crippen LogP contribution in [0.5, 0.6) is 0 Å². The second-order valence-electron chi connectivity index (χ2n) is 10.5. The zero-order valence-corrected chi connectivity index (χ0v) is 23.7. The van der Waals surface area contributed by atoms with Crippen molar-refractivity contribution in [1.29, 1.82) is 5.26 Å². The molecule has 1 aliphatic carbocycles. The van der Waals surface area contributed by atoms with Crippen LogP contribution in [-0.4, -0.2) is 58.5 Å². The molecule has 0 bridgehead atoms. The highest BCUT2D eigenvalue weighted by molar-refractivity contribution is 9.10. The smallest absolute Gasteiger partial charge is 0.341 e. The summed E-state index contributed by atoms with van der Waals surface area (Å²) in [4.78, 5) is 34.1. The fourth-order valence-corrected chi connectivity index (χ4v) is 4.87. The molecule has 1 saturated heterocycles. The van der Waals surface area contributed by atoms with Crippen LogP contribution < -0.4 is 10.6 Å². The third kappa shape index (κ3) is 8.14. The minimum Gasteiger partial charge on any atom is -0.341 e. The number of amides is 3. The van der Waals surface area contributed by atoms with Crippen LogP contribution in [0.2, 0.25) is 0 Å². The van der Waals surface area contributed by atoms with Crippen LogP contribution in [0.3, 0.4) is 0 Å². The third-order valence-electron chi connectivity index (χ3n) is 6.37. The monoisotopic (exact) mass is 618 g/mol. The number of likely N-dealkylation sites (tertiary alicyclic amines) is 1. The van der Waals surface area contributed by atoms with Crippen LogP contribution in [0.25, 0.3) is 5.52 Å². The van der Waals surface area contributed by atoms with Gasteiger partial charge in [0.15, 0.2) is 0 Å². The van der Waals surface area contributed by atoms with Gasteiger partial charge in [-0.25, -0.2) is 8.91 Å². The lowest BCUT2D eigenvalue weighted by Crippen LogP contribution is -2.44. The molecule has 0 radical (unpaired) electrons. The normalized spacial score (nSPS) is 19.5. The Bertz CT molecular complexity index is 1220. The first-order valence-corrected chi connectivity index (χ1v) is 12.9. The van der Waals surface area contributed by atoms with E-state index < -0.39 is 36.4 Å². The molecule has 1 aliphatic heterocycles. The molecule has 14 heteroatoms. The quantitative estimate of drug-likeness (QED) is 0.388. The first-order chi connectivity index (χ1) is 18.0. The molecule has 2 aromatic rings. The van der Waals surface area contributed by atoms with Crippen molar-refractivity contribution >= 4 is 39.7 Å². The van der Waals surface area contributed by atoms with Gasteiger partial charge in [0.25, 0.3) is 0 Å². The lowest BCUT2D eigenvalue weighted by molar-refractivity contribution is -0.174. The molecule has 2 aliphatic rings. The summed E-state index contributed by atoms with van der Waals surface area (Å²) in [5.41, 5.74) is 1.30. The van der Waals surface area contributed by atoms with Crippen molar-refractivity contribution in [2.24, 2.45) is 23.2 Å². The first kappa shape index (κ1) is 32.0. The van der Waals surface area contributed by atoms with Crippen LogP contribution in [0.4, 0.5) is 17.6 Å². The zero-order chi connectivity index (χ0) is 29.7. The number of carbonyl (C=O) groups excluding carboxylic acids is 3. The minimum atomic E-state index is -4.94. The van der Waals surface area contributed by atoms with Crippen LogP contribution in [0.15, 0.2) is 22.9 Å². The number of nitrogens with one attached hydrogen (secondary N) is 2. The van der Waals surface area contributed by atoms with Crippen molar-refractivity contribution < 1.29 is 31.9 Å². The molecule has 2 unspecified atom stereocenters. The summed E-state index contributed by atoms with van der Waals surface area (Å²) < 4.78 is 50.6. The van der Waals surface area contributed by atoms with Crippen molar-refractivity contribution in [2.75, 3.05) is 19.6 Å². The van der Waals surface area contributed by atoms with E-state index in [1.807, 2.05) is 6.07 Å². The fourth-order valence-electron chi connectivity index (χ4n) is 4.24. The van der Waals surface area contributed by atoms with E-state index in [4.69, 9.17) is 5.26 Å². The number of nitrogens with zero attached hydrogens (tertiary/aromatic N) is 4. The molecule has 4 rings (SSSR count). The standard InChI is InChI=1S/C11H15F3N2O2.C10H6BrFN4O.C4H10/c1-10(2)6-4-16(5-7(6)10)8(17)3-15-9(18)11(12,13)14;11-8-1-6(12)4-16-10(8)7(3-15-16)9(2-13)14-5-17;1-4(2)3/h6-7H,3-5H2,1-2H3,(H,15,18);1,3-5,9H,(H,14,17);4H,1-3H3/t6-,7?;;/m1../s1. The Morgan fingerprint density at radius 3 is 2.33 bits per heavy atom. The number of aromatic nitrogens is 2. The summed E-state index contributed by atoms with van der Waals surface area (Å²) in [5.74, 6) is -1.24. The van der Waals surface area contributed by atoms with Crippen molar-refractivity contribution in [2.45, 2.75) is 46.8 Å². The largest absolute Gasteiger partial charge is 0.471 e. The number of pyridine rings is 1. The van der Waals surface area contributed by atoms with Crippen molar-refractivity contribution in [1.82, 2.24) is 25.1 Å². The van der Waals surface area contributed by atoms with E-state index in [-0.39, 0.29) is 5.41 Å². The predicted molar refractivity (Wildman–Crippen MR) is 137 cm³/mol. The van der Waals surface area contributed by atoms with E-state index in [9.17, 15) is 31.9 Å². The van der Waals surface area contributed by atoms with Gasteiger partial charge in [-0.15, -0.1) is 0 Å². The Morgan fingerprint density at radius 1 is 1.28 bits per heavy atom. The average molecular weight is 619 g/mol. The number of fused-ring (bicyclic) bond motifs is 2. The number of nitriles is 1. The maximum atomic E-state index is 13.1. The van der Waals surface area contributed by atoms with E-state index in [1.165, 1.54) is 27.9 Å². The lowest BCUT2D eigenvalue weighted by atomic mass is 10.1. The van der Waals surface area contributed by atoms with E-state index in [2.05, 4.69) is 61.0 Å². The Hall–Kier alpha value is -3.21. The van der Waals surface area contributed by atoms with E-state index >= 15 is 0 Å². The fraction of sp³-hybridized carbons (Fsp3) is 0.560. The minimum absolute atomic E-state index is 0.242. The summed E-state index contributed by atoms with van der Waals surface area (Å²) in [7, 11) is 0. The highest BCUT2D eigenvalue weighted by Crippen LogP contribution is 2.61. The molecule has 0 spiro atoms. The predicted octanol–water partition coefficient (Wildman–Crippen LogP) is 3.99. The number of carbonyl (C=O) groups is 3. The van der Waals surface area contributed by atoms with Gasteiger partial charge in [0.1, 0.15) is 11.9 Å². The van der Waals surface area contributed by atoms with Gasteiger partial charge in [-0.05, 0) is 45.2 Å². The molecule has 2 N–H and O–H groups in total. The molecule has 39 heavy (non-hydrogen) atoms. The third-order valence-corrected chi connectivity index (χ3v) is 6.97. The summed E-state index contributed by atoms with van der Waals surface area (Å²) in [6, 6.07) is 2.39. The number of halogens is 5. The first-order valence-electron chi connectivity index (χ1n) is 12.1. The van der Waals surface area contributed by atoms with Crippen molar-refractivity contribution in [3.8, 4) is 6.07 Å². The molecule has 3 heterocycles. The van der Waals surface area contributed by atoms with Gasteiger partial charge in [0, 0.05) is 23.1 Å². The van der Waals surface area contributed by atoms with Crippen LogP contribution in [0.1, 0.15) is 46.2 Å². The van der Waals surface area contributed by atoms with Crippen LogP contribution in [-0.2, 0) is 14.4 Å². The topological polar surface area (TPSA) is 120 Å². The zero-order valence-electron chi connectivity index (χ0n) is 22.1. The van der Waals surface area contributed by atoms with Gasteiger partial charge in [0.2, 0.25) is 12.3 Å². The number of alkyl halides is 3. The Morgan fingerprint density at radius 2 is 1.85 bits per heavy atom. The number of hydrogen-bond acceptors (Lipinski definition) is 5. The number of hydrogen-bond donors (Lipinski definition) is 2. The second-order valence-corrected chi connectivity index (χ2v) is 11.3. The highest BCUT2D eigenvalue weighted by atomic mass is 79.9. The molecule has 3 amide bonds. The van der Waals surface area contributed by atoms with Gasteiger partial charge in [-0.3, -0.25) is 14.4 Å². The molecule has 9 nitrogen and oxygen atoms in total.